The van der Waals surface area contributed by atoms with E-state index in [-0.39, 0.29) is 16.1 Å². The molecule has 1 amide bonds. The van der Waals surface area contributed by atoms with Gasteiger partial charge in [-0.2, -0.15) is 4.31 Å². The Kier molecular flexibility index (Phi) is 6.77. The molecule has 1 aromatic heterocycles. The number of hydrogen-bond donors (Lipinski definition) is 1. The van der Waals surface area contributed by atoms with Gasteiger partial charge in [-0.15, -0.1) is 0 Å². The third kappa shape index (κ3) is 4.47. The first-order valence-electron chi connectivity index (χ1n) is 9.84. The first-order valence-corrected chi connectivity index (χ1v) is 11.3. The second-order valence-electron chi connectivity index (χ2n) is 6.73. The number of carbonyl (C=O) groups excluding carboxylic acids is 1. The Hall–Kier alpha value is -3.17. The molecule has 0 saturated heterocycles. The fourth-order valence-corrected chi connectivity index (χ4v) is 4.76. The molecule has 164 valence electrons. The number of aryl methyl sites for hydroxylation is 1. The summed E-state index contributed by atoms with van der Waals surface area (Å²) in [6.45, 7) is 5.87. The van der Waals surface area contributed by atoms with Crippen LogP contribution < -0.4 is 10.1 Å². The van der Waals surface area contributed by atoms with Crippen LogP contribution in [0.25, 0.3) is 11.3 Å². The molecule has 0 spiro atoms. The van der Waals surface area contributed by atoms with Crippen molar-refractivity contribution in [2.75, 3.05) is 25.5 Å². The molecular weight excluding hydrogens is 418 g/mol. The number of nitrogens with zero attached hydrogens (tertiary/aromatic N) is 2. The van der Waals surface area contributed by atoms with Gasteiger partial charge in [0.2, 0.25) is 10.0 Å². The van der Waals surface area contributed by atoms with Crippen molar-refractivity contribution in [3.05, 3.63) is 59.9 Å². The predicted octanol–water partition coefficient (Wildman–Crippen LogP) is 3.94. The maximum absolute atomic E-state index is 13.1. The Balaban J connectivity index is 2.00. The SMILES string of the molecule is CCN(CC)S(=O)(=O)c1ccc(OC)c(NC(=O)c2c(-c3ccccc3)noc2C)c1. The van der Waals surface area contributed by atoms with Crippen molar-refractivity contribution in [3.63, 3.8) is 0 Å². The largest absolute Gasteiger partial charge is 0.495 e. The molecule has 31 heavy (non-hydrogen) atoms. The molecule has 8 nitrogen and oxygen atoms in total. The van der Waals surface area contributed by atoms with E-state index in [1.54, 1.807) is 20.8 Å². The number of benzene rings is 2. The molecule has 9 heteroatoms. The highest BCUT2D eigenvalue weighted by Gasteiger charge is 2.25. The van der Waals surface area contributed by atoms with E-state index in [2.05, 4.69) is 10.5 Å². The predicted molar refractivity (Wildman–Crippen MR) is 118 cm³/mol. The molecule has 3 aromatic rings. The van der Waals surface area contributed by atoms with Gasteiger partial charge in [0.1, 0.15) is 22.8 Å². The molecule has 0 aliphatic carbocycles. The van der Waals surface area contributed by atoms with Gasteiger partial charge in [0.05, 0.1) is 17.7 Å². The van der Waals surface area contributed by atoms with Crippen molar-refractivity contribution in [1.29, 1.82) is 0 Å². The molecule has 0 aliphatic rings. The van der Waals surface area contributed by atoms with E-state index in [1.165, 1.54) is 29.6 Å². The first-order chi connectivity index (χ1) is 14.8. The fourth-order valence-electron chi connectivity index (χ4n) is 3.28. The Labute approximate surface area is 181 Å². The summed E-state index contributed by atoms with van der Waals surface area (Å²) in [5.41, 5.74) is 1.64. The van der Waals surface area contributed by atoms with Crippen molar-refractivity contribution in [2.24, 2.45) is 0 Å². The molecule has 2 aromatic carbocycles. The van der Waals surface area contributed by atoms with Crippen LogP contribution in [0.15, 0.2) is 57.9 Å². The van der Waals surface area contributed by atoms with Crippen molar-refractivity contribution < 1.29 is 22.5 Å². The quantitative estimate of drug-likeness (QED) is 0.566. The first kappa shape index (κ1) is 22.5. The zero-order valence-electron chi connectivity index (χ0n) is 17.9. The van der Waals surface area contributed by atoms with Gasteiger partial charge in [-0.25, -0.2) is 8.42 Å². The normalized spacial score (nSPS) is 11.5. The van der Waals surface area contributed by atoms with Crippen LogP contribution >= 0.6 is 0 Å². The number of carbonyl (C=O) groups is 1. The summed E-state index contributed by atoms with van der Waals surface area (Å²) in [4.78, 5) is 13.2. The number of amides is 1. The van der Waals surface area contributed by atoms with Crippen LogP contribution in [0.4, 0.5) is 5.69 Å². The minimum atomic E-state index is -3.70. The van der Waals surface area contributed by atoms with Crippen LogP contribution in [0, 0.1) is 6.92 Å². The molecule has 1 heterocycles. The van der Waals surface area contributed by atoms with E-state index in [4.69, 9.17) is 9.26 Å². The Morgan fingerprint density at radius 1 is 1.13 bits per heavy atom. The van der Waals surface area contributed by atoms with Crippen molar-refractivity contribution in [3.8, 4) is 17.0 Å². The smallest absolute Gasteiger partial charge is 0.261 e. The van der Waals surface area contributed by atoms with Crippen molar-refractivity contribution in [1.82, 2.24) is 9.46 Å². The summed E-state index contributed by atoms with van der Waals surface area (Å²) >= 11 is 0. The molecule has 0 unspecified atom stereocenters. The highest BCUT2D eigenvalue weighted by molar-refractivity contribution is 7.89. The lowest BCUT2D eigenvalue weighted by atomic mass is 10.1. The lowest BCUT2D eigenvalue weighted by molar-refractivity contribution is 0.102. The van der Waals surface area contributed by atoms with E-state index < -0.39 is 15.9 Å². The summed E-state index contributed by atoms with van der Waals surface area (Å²) in [6.07, 6.45) is 0. The second kappa shape index (κ2) is 9.32. The van der Waals surface area contributed by atoms with Crippen LogP contribution in [-0.4, -0.2) is 44.0 Å². The van der Waals surface area contributed by atoms with Crippen molar-refractivity contribution in [2.45, 2.75) is 25.7 Å². The number of methoxy groups -OCH3 is 1. The van der Waals surface area contributed by atoms with Crippen molar-refractivity contribution >= 4 is 21.6 Å². The number of hydrogen-bond acceptors (Lipinski definition) is 6. The number of nitrogens with one attached hydrogen (secondary N) is 1. The number of sulfonamides is 1. The summed E-state index contributed by atoms with van der Waals surface area (Å²) in [5, 5.41) is 6.78. The lowest BCUT2D eigenvalue weighted by Gasteiger charge is -2.19. The van der Waals surface area contributed by atoms with E-state index in [1.807, 2.05) is 30.3 Å². The summed E-state index contributed by atoms with van der Waals surface area (Å²) in [5.74, 6) is 0.206. The minimum absolute atomic E-state index is 0.0672. The summed E-state index contributed by atoms with van der Waals surface area (Å²) < 4.78 is 37.7. The fraction of sp³-hybridized carbons (Fsp3) is 0.273. The maximum Gasteiger partial charge on any atom is 0.261 e. The Morgan fingerprint density at radius 2 is 1.81 bits per heavy atom. The van der Waals surface area contributed by atoms with Crippen LogP contribution in [0.3, 0.4) is 0 Å². The molecule has 3 rings (SSSR count). The number of rotatable bonds is 8. The molecule has 0 bridgehead atoms. The van der Waals surface area contributed by atoms with Crippen LogP contribution in [0.5, 0.6) is 5.75 Å². The number of ether oxygens (including phenoxy) is 1. The minimum Gasteiger partial charge on any atom is -0.495 e. The monoisotopic (exact) mass is 443 g/mol. The average Bonchev–Trinajstić information content (AvgIpc) is 3.16. The number of aromatic nitrogens is 1. The number of anilines is 1. The van der Waals surface area contributed by atoms with Gasteiger partial charge >= 0.3 is 0 Å². The highest BCUT2D eigenvalue weighted by atomic mass is 32.2. The van der Waals surface area contributed by atoms with Gasteiger partial charge in [0, 0.05) is 18.7 Å². The maximum atomic E-state index is 13.1. The van der Waals surface area contributed by atoms with Crippen LogP contribution in [0.1, 0.15) is 30.0 Å². The van der Waals surface area contributed by atoms with E-state index in [0.717, 1.165) is 5.56 Å². The standard InChI is InChI=1S/C22H25N3O5S/c1-5-25(6-2)31(27,28)17-12-13-19(29-4)18(14-17)23-22(26)20-15(3)30-24-21(20)16-10-8-7-9-11-16/h7-14H,5-6H2,1-4H3,(H,23,26). The third-order valence-corrected chi connectivity index (χ3v) is 6.95. The van der Waals surface area contributed by atoms with E-state index in [9.17, 15) is 13.2 Å². The molecule has 0 saturated carbocycles. The lowest BCUT2D eigenvalue weighted by Crippen LogP contribution is -2.30. The van der Waals surface area contributed by atoms with E-state index in [0.29, 0.717) is 30.3 Å². The molecule has 0 aliphatic heterocycles. The highest BCUT2D eigenvalue weighted by Crippen LogP contribution is 2.31. The summed E-state index contributed by atoms with van der Waals surface area (Å²) in [6, 6.07) is 13.6. The van der Waals surface area contributed by atoms with Gasteiger partial charge in [0.15, 0.2) is 0 Å². The molecule has 1 N–H and O–H groups in total. The second-order valence-corrected chi connectivity index (χ2v) is 8.67. The molecule has 0 atom stereocenters. The molecule has 0 radical (unpaired) electrons. The molecular formula is C22H25N3O5S. The van der Waals surface area contributed by atoms with Gasteiger partial charge in [0.25, 0.3) is 5.91 Å². The Bertz CT molecular complexity index is 1170. The Morgan fingerprint density at radius 3 is 2.42 bits per heavy atom. The van der Waals surface area contributed by atoms with Crippen LogP contribution in [-0.2, 0) is 10.0 Å². The van der Waals surface area contributed by atoms with Gasteiger partial charge in [-0.05, 0) is 25.1 Å². The average molecular weight is 444 g/mol. The zero-order valence-corrected chi connectivity index (χ0v) is 18.7. The topological polar surface area (TPSA) is 102 Å². The van der Waals surface area contributed by atoms with Gasteiger partial charge in [-0.1, -0.05) is 49.3 Å². The summed E-state index contributed by atoms with van der Waals surface area (Å²) in [7, 11) is -2.25. The third-order valence-electron chi connectivity index (χ3n) is 4.90. The van der Waals surface area contributed by atoms with E-state index >= 15 is 0 Å². The molecule has 0 fully saturated rings. The van der Waals surface area contributed by atoms with Gasteiger partial charge < -0.3 is 14.6 Å². The zero-order chi connectivity index (χ0) is 22.6. The van der Waals surface area contributed by atoms with Gasteiger partial charge in [-0.3, -0.25) is 4.79 Å². The van der Waals surface area contributed by atoms with Crippen LogP contribution in [0.2, 0.25) is 0 Å².